The number of carbonyl (C=O) groups excluding carboxylic acids is 1. The summed E-state index contributed by atoms with van der Waals surface area (Å²) in [5.74, 6) is -0.101. The third kappa shape index (κ3) is 5.09. The maximum atomic E-state index is 12.3. The van der Waals surface area contributed by atoms with Gasteiger partial charge in [0.1, 0.15) is 0 Å². The van der Waals surface area contributed by atoms with Crippen molar-refractivity contribution in [2.45, 2.75) is 46.0 Å². The van der Waals surface area contributed by atoms with Crippen molar-refractivity contribution in [3.05, 3.63) is 0 Å². The second kappa shape index (κ2) is 8.02. The van der Waals surface area contributed by atoms with E-state index in [-0.39, 0.29) is 12.5 Å². The van der Waals surface area contributed by atoms with E-state index in [1.54, 1.807) is 4.90 Å². The number of amides is 2. The average molecular weight is 270 g/mol. The molecule has 0 aromatic heterocycles. The fourth-order valence-electron chi connectivity index (χ4n) is 2.64. The van der Waals surface area contributed by atoms with Crippen molar-refractivity contribution >= 4 is 12.0 Å². The Hall–Kier alpha value is -1.26. The minimum absolute atomic E-state index is 0.00121. The van der Waals surface area contributed by atoms with E-state index in [0.29, 0.717) is 13.1 Å². The summed E-state index contributed by atoms with van der Waals surface area (Å²) in [6.07, 6.45) is 4.63. The number of rotatable bonds is 6. The molecule has 1 aliphatic rings. The summed E-state index contributed by atoms with van der Waals surface area (Å²) in [5.41, 5.74) is 0. The number of hydrogen-bond donors (Lipinski definition) is 1. The Morgan fingerprint density at radius 1 is 1.26 bits per heavy atom. The van der Waals surface area contributed by atoms with Crippen LogP contribution in [0.1, 0.15) is 46.0 Å². The van der Waals surface area contributed by atoms with Gasteiger partial charge in [-0.1, -0.05) is 19.8 Å². The summed E-state index contributed by atoms with van der Waals surface area (Å²) in [5, 5.41) is 8.69. The van der Waals surface area contributed by atoms with Crippen LogP contribution in [0.2, 0.25) is 0 Å². The molecular formula is C14H26N2O3. The van der Waals surface area contributed by atoms with Gasteiger partial charge >= 0.3 is 12.0 Å². The van der Waals surface area contributed by atoms with Crippen molar-refractivity contribution < 1.29 is 14.7 Å². The van der Waals surface area contributed by atoms with Gasteiger partial charge < -0.3 is 14.9 Å². The zero-order chi connectivity index (χ0) is 14.3. The maximum Gasteiger partial charge on any atom is 0.320 e. The van der Waals surface area contributed by atoms with Crippen molar-refractivity contribution in [3.63, 3.8) is 0 Å². The van der Waals surface area contributed by atoms with E-state index >= 15 is 0 Å². The fourth-order valence-corrected chi connectivity index (χ4v) is 2.64. The number of urea groups is 1. The number of piperidine rings is 1. The molecule has 0 atom stereocenters. The molecular weight excluding hydrogens is 244 g/mol. The van der Waals surface area contributed by atoms with Crippen molar-refractivity contribution in [2.24, 2.45) is 5.92 Å². The molecule has 0 spiro atoms. The third-order valence-corrected chi connectivity index (χ3v) is 3.83. The Kier molecular flexibility index (Phi) is 6.67. The largest absolute Gasteiger partial charge is 0.481 e. The highest BCUT2D eigenvalue weighted by molar-refractivity contribution is 5.75. The predicted octanol–water partition coefficient (Wildman–Crippen LogP) is 2.42. The van der Waals surface area contributed by atoms with E-state index in [0.717, 1.165) is 31.8 Å². The number of carboxylic acids is 1. The van der Waals surface area contributed by atoms with Crippen LogP contribution >= 0.6 is 0 Å². The minimum atomic E-state index is -0.854. The van der Waals surface area contributed by atoms with E-state index in [4.69, 9.17) is 5.11 Å². The van der Waals surface area contributed by atoms with Crippen LogP contribution in [0.4, 0.5) is 4.79 Å². The Labute approximate surface area is 115 Å². The fraction of sp³-hybridized carbons (Fsp3) is 0.857. The highest BCUT2D eigenvalue weighted by atomic mass is 16.4. The first-order valence-electron chi connectivity index (χ1n) is 7.34. The van der Waals surface area contributed by atoms with Gasteiger partial charge in [0, 0.05) is 26.2 Å². The number of likely N-dealkylation sites (tertiary alicyclic amines) is 1. The van der Waals surface area contributed by atoms with Gasteiger partial charge in [-0.3, -0.25) is 4.79 Å². The topological polar surface area (TPSA) is 60.9 Å². The van der Waals surface area contributed by atoms with Crippen LogP contribution in [0.25, 0.3) is 0 Å². The Balaban J connectivity index is 2.41. The zero-order valence-corrected chi connectivity index (χ0v) is 12.1. The van der Waals surface area contributed by atoms with Gasteiger partial charge in [-0.15, -0.1) is 0 Å². The standard InChI is InChI=1S/C14H26N2O3/c1-3-5-12-6-9-16(10-7-12)14(19)15(4-2)11-8-13(17)18/h12H,3-11H2,1-2H3,(H,17,18). The predicted molar refractivity (Wildman–Crippen MR) is 74.1 cm³/mol. The maximum absolute atomic E-state index is 12.3. The molecule has 0 saturated carbocycles. The van der Waals surface area contributed by atoms with E-state index in [9.17, 15) is 9.59 Å². The Morgan fingerprint density at radius 2 is 1.89 bits per heavy atom. The van der Waals surface area contributed by atoms with Crippen LogP contribution in [0, 0.1) is 5.92 Å². The lowest BCUT2D eigenvalue weighted by Gasteiger charge is -2.35. The molecule has 1 aliphatic heterocycles. The molecule has 2 amide bonds. The van der Waals surface area contributed by atoms with Crippen molar-refractivity contribution in [1.82, 2.24) is 9.80 Å². The molecule has 1 heterocycles. The molecule has 1 fully saturated rings. The van der Waals surface area contributed by atoms with Gasteiger partial charge in [0.15, 0.2) is 0 Å². The van der Waals surface area contributed by atoms with E-state index in [1.165, 1.54) is 12.8 Å². The SMILES string of the molecule is CCCC1CCN(C(=O)N(CC)CCC(=O)O)CC1. The molecule has 5 nitrogen and oxygen atoms in total. The molecule has 1 N–H and O–H groups in total. The van der Waals surface area contributed by atoms with Crippen molar-refractivity contribution in [1.29, 1.82) is 0 Å². The van der Waals surface area contributed by atoms with Gasteiger partial charge in [0.25, 0.3) is 0 Å². The second-order valence-electron chi connectivity index (χ2n) is 5.23. The molecule has 0 aromatic carbocycles. The minimum Gasteiger partial charge on any atom is -0.481 e. The molecule has 1 rings (SSSR count). The van der Waals surface area contributed by atoms with Crippen LogP contribution in [0.5, 0.6) is 0 Å². The van der Waals surface area contributed by atoms with Crippen LogP contribution in [0.3, 0.4) is 0 Å². The molecule has 0 radical (unpaired) electrons. The molecule has 5 heteroatoms. The molecule has 0 aliphatic carbocycles. The molecule has 0 bridgehead atoms. The molecule has 110 valence electrons. The smallest absolute Gasteiger partial charge is 0.320 e. The Morgan fingerprint density at radius 3 is 2.37 bits per heavy atom. The first-order valence-corrected chi connectivity index (χ1v) is 7.34. The molecule has 19 heavy (non-hydrogen) atoms. The summed E-state index contributed by atoms with van der Waals surface area (Å²) in [6, 6.07) is -0.00121. The summed E-state index contributed by atoms with van der Waals surface area (Å²) in [7, 11) is 0. The Bertz CT molecular complexity index is 299. The number of carboxylic acid groups (broad SMARTS) is 1. The van der Waals surface area contributed by atoms with Gasteiger partial charge in [-0.25, -0.2) is 4.79 Å². The van der Waals surface area contributed by atoms with E-state index in [2.05, 4.69) is 6.92 Å². The summed E-state index contributed by atoms with van der Waals surface area (Å²) in [6.45, 7) is 6.59. The van der Waals surface area contributed by atoms with Gasteiger partial charge in [0.05, 0.1) is 6.42 Å². The molecule has 1 saturated heterocycles. The van der Waals surface area contributed by atoms with Crippen LogP contribution in [0.15, 0.2) is 0 Å². The number of nitrogens with zero attached hydrogens (tertiary/aromatic N) is 2. The average Bonchev–Trinajstić information content (AvgIpc) is 2.40. The normalized spacial score (nSPS) is 16.4. The lowest BCUT2D eigenvalue weighted by Crippen LogP contribution is -2.47. The van der Waals surface area contributed by atoms with Gasteiger partial charge in [0.2, 0.25) is 0 Å². The van der Waals surface area contributed by atoms with Gasteiger partial charge in [-0.05, 0) is 25.7 Å². The van der Waals surface area contributed by atoms with Crippen LogP contribution in [-0.2, 0) is 4.79 Å². The summed E-state index contributed by atoms with van der Waals surface area (Å²) in [4.78, 5) is 26.4. The van der Waals surface area contributed by atoms with E-state index in [1.807, 2.05) is 11.8 Å². The first kappa shape index (κ1) is 15.8. The van der Waals surface area contributed by atoms with Crippen LogP contribution < -0.4 is 0 Å². The van der Waals surface area contributed by atoms with Crippen LogP contribution in [-0.4, -0.2) is 53.1 Å². The second-order valence-corrected chi connectivity index (χ2v) is 5.23. The number of carbonyl (C=O) groups is 2. The quantitative estimate of drug-likeness (QED) is 0.806. The zero-order valence-electron chi connectivity index (χ0n) is 12.1. The highest BCUT2D eigenvalue weighted by Gasteiger charge is 2.25. The summed E-state index contributed by atoms with van der Waals surface area (Å²) >= 11 is 0. The van der Waals surface area contributed by atoms with Crippen molar-refractivity contribution in [3.8, 4) is 0 Å². The first-order chi connectivity index (χ1) is 9.08. The lowest BCUT2D eigenvalue weighted by molar-refractivity contribution is -0.137. The van der Waals surface area contributed by atoms with Crippen molar-refractivity contribution in [2.75, 3.05) is 26.2 Å². The lowest BCUT2D eigenvalue weighted by atomic mass is 9.93. The monoisotopic (exact) mass is 270 g/mol. The summed E-state index contributed by atoms with van der Waals surface area (Å²) < 4.78 is 0. The molecule has 0 aromatic rings. The van der Waals surface area contributed by atoms with E-state index < -0.39 is 5.97 Å². The highest BCUT2D eigenvalue weighted by Crippen LogP contribution is 2.22. The number of hydrogen-bond acceptors (Lipinski definition) is 2. The number of aliphatic carboxylic acids is 1. The molecule has 0 unspecified atom stereocenters. The van der Waals surface area contributed by atoms with Gasteiger partial charge in [-0.2, -0.15) is 0 Å². The third-order valence-electron chi connectivity index (χ3n) is 3.83.